The second-order valence-electron chi connectivity index (χ2n) is 8.82. The number of carbonyl (C=O) groups is 2. The number of rotatable bonds is 5. The second-order valence-corrected chi connectivity index (χ2v) is 8.82. The molecule has 4 rings (SSSR count). The van der Waals surface area contributed by atoms with E-state index in [1.54, 1.807) is 0 Å². The first kappa shape index (κ1) is 21.6. The fraction of sp³-hybridized carbons (Fsp3) is 0.259. The highest BCUT2D eigenvalue weighted by atomic mass is 16.6. The van der Waals surface area contributed by atoms with Crippen molar-refractivity contribution in [3.63, 3.8) is 0 Å². The zero-order valence-corrected chi connectivity index (χ0v) is 18.5. The van der Waals surface area contributed by atoms with E-state index in [9.17, 15) is 9.59 Å². The molecule has 32 heavy (non-hydrogen) atoms. The van der Waals surface area contributed by atoms with E-state index in [0.717, 1.165) is 16.7 Å². The fourth-order valence-corrected chi connectivity index (χ4v) is 4.04. The highest BCUT2D eigenvalue weighted by Gasteiger charge is 2.52. The lowest BCUT2D eigenvalue weighted by molar-refractivity contribution is -0.161. The molecule has 5 heteroatoms. The van der Waals surface area contributed by atoms with Crippen LogP contribution in [0.5, 0.6) is 0 Å². The summed E-state index contributed by atoms with van der Waals surface area (Å²) in [7, 11) is 0. The second kappa shape index (κ2) is 8.87. The van der Waals surface area contributed by atoms with E-state index in [1.165, 1.54) is 4.90 Å². The Labute approximate surface area is 188 Å². The van der Waals surface area contributed by atoms with E-state index >= 15 is 0 Å². The molecule has 3 aromatic carbocycles. The molecular formula is C27H27NO4. The van der Waals surface area contributed by atoms with Gasteiger partial charge in [0.2, 0.25) is 0 Å². The van der Waals surface area contributed by atoms with Crippen molar-refractivity contribution in [3.8, 4) is 0 Å². The van der Waals surface area contributed by atoms with Crippen LogP contribution in [0.1, 0.15) is 49.6 Å². The largest absolute Gasteiger partial charge is 0.458 e. The van der Waals surface area contributed by atoms with Crippen molar-refractivity contribution in [3.05, 3.63) is 108 Å². The molecule has 0 aliphatic carbocycles. The van der Waals surface area contributed by atoms with E-state index < -0.39 is 35.9 Å². The lowest BCUT2D eigenvalue weighted by Crippen LogP contribution is -2.46. The van der Waals surface area contributed by atoms with Gasteiger partial charge in [-0.2, -0.15) is 0 Å². The molecule has 2 unspecified atom stereocenters. The molecule has 1 saturated heterocycles. The number of cyclic esters (lactones) is 1. The van der Waals surface area contributed by atoms with Gasteiger partial charge < -0.3 is 9.47 Å². The molecule has 1 aliphatic rings. The fourth-order valence-electron chi connectivity index (χ4n) is 4.04. The van der Waals surface area contributed by atoms with Crippen LogP contribution in [0, 0.1) is 0 Å². The van der Waals surface area contributed by atoms with Crippen LogP contribution in [0.25, 0.3) is 0 Å². The van der Waals surface area contributed by atoms with E-state index in [4.69, 9.17) is 9.47 Å². The van der Waals surface area contributed by atoms with Gasteiger partial charge in [0, 0.05) is 0 Å². The van der Waals surface area contributed by atoms with Crippen molar-refractivity contribution in [2.75, 3.05) is 0 Å². The third-order valence-corrected chi connectivity index (χ3v) is 5.31. The van der Waals surface area contributed by atoms with E-state index in [0.29, 0.717) is 0 Å². The number of hydrogen-bond acceptors (Lipinski definition) is 4. The monoisotopic (exact) mass is 429 g/mol. The van der Waals surface area contributed by atoms with Gasteiger partial charge in [0.05, 0.1) is 6.04 Å². The number of carbonyl (C=O) groups excluding carboxylic acids is 2. The molecule has 0 N–H and O–H groups in total. The summed E-state index contributed by atoms with van der Waals surface area (Å²) in [5.74, 6) is -0.492. The van der Waals surface area contributed by atoms with Crippen molar-refractivity contribution >= 4 is 12.1 Å². The summed E-state index contributed by atoms with van der Waals surface area (Å²) >= 11 is 0. The number of benzene rings is 3. The Morgan fingerprint density at radius 3 is 1.78 bits per heavy atom. The van der Waals surface area contributed by atoms with Gasteiger partial charge in [-0.1, -0.05) is 91.0 Å². The van der Waals surface area contributed by atoms with E-state index in [-0.39, 0.29) is 0 Å². The number of amides is 1. The molecule has 0 saturated carbocycles. The van der Waals surface area contributed by atoms with Crippen molar-refractivity contribution in [1.82, 2.24) is 4.90 Å². The Morgan fingerprint density at radius 1 is 0.844 bits per heavy atom. The smallest absolute Gasteiger partial charge is 0.412 e. The molecule has 1 fully saturated rings. The SMILES string of the molecule is CC(C)(C)OC(=O)C1C(c2ccccc2)OC(=O)N1C(c1ccccc1)c1ccccc1. The summed E-state index contributed by atoms with van der Waals surface area (Å²) in [6.45, 7) is 5.45. The van der Waals surface area contributed by atoms with Crippen LogP contribution in [-0.2, 0) is 14.3 Å². The van der Waals surface area contributed by atoms with Crippen LogP contribution in [-0.4, -0.2) is 28.6 Å². The van der Waals surface area contributed by atoms with Crippen molar-refractivity contribution < 1.29 is 19.1 Å². The molecule has 0 aromatic heterocycles. The first-order valence-corrected chi connectivity index (χ1v) is 10.7. The number of esters is 1. The van der Waals surface area contributed by atoms with Gasteiger partial charge in [-0.25, -0.2) is 9.59 Å². The normalized spacial score (nSPS) is 18.5. The standard InChI is InChI=1S/C27H27NO4/c1-27(2,3)32-25(29)23-24(21-17-11-6-12-18-21)31-26(30)28(23)22(19-13-7-4-8-14-19)20-15-9-5-10-16-20/h4-18,22-24H,1-3H3. The van der Waals surface area contributed by atoms with Crippen LogP contribution in [0.15, 0.2) is 91.0 Å². The minimum absolute atomic E-state index is 0.492. The first-order chi connectivity index (χ1) is 15.3. The van der Waals surface area contributed by atoms with Crippen molar-refractivity contribution in [2.24, 2.45) is 0 Å². The lowest BCUT2D eigenvalue weighted by atomic mass is 9.94. The molecule has 2 atom stereocenters. The molecule has 1 heterocycles. The first-order valence-electron chi connectivity index (χ1n) is 10.7. The topological polar surface area (TPSA) is 55.8 Å². The molecule has 0 spiro atoms. The Hall–Kier alpha value is -3.60. The van der Waals surface area contributed by atoms with E-state index in [2.05, 4.69) is 0 Å². The highest BCUT2D eigenvalue weighted by molar-refractivity contribution is 5.86. The maximum Gasteiger partial charge on any atom is 0.412 e. The minimum atomic E-state index is -0.936. The maximum absolute atomic E-state index is 13.5. The van der Waals surface area contributed by atoms with Crippen LogP contribution in [0.4, 0.5) is 4.79 Å². The zero-order valence-electron chi connectivity index (χ0n) is 18.5. The molecule has 1 amide bonds. The van der Waals surface area contributed by atoms with Gasteiger partial charge in [-0.3, -0.25) is 4.90 Å². The van der Waals surface area contributed by atoms with Gasteiger partial charge in [0.15, 0.2) is 12.1 Å². The Kier molecular flexibility index (Phi) is 5.99. The minimum Gasteiger partial charge on any atom is -0.458 e. The van der Waals surface area contributed by atoms with Crippen LogP contribution in [0.3, 0.4) is 0 Å². The van der Waals surface area contributed by atoms with Gasteiger partial charge in [0.25, 0.3) is 0 Å². The quantitative estimate of drug-likeness (QED) is 0.490. The summed E-state index contributed by atoms with van der Waals surface area (Å²) in [6.07, 6.45) is -1.32. The predicted octanol–water partition coefficient (Wildman–Crippen LogP) is 5.68. The lowest BCUT2D eigenvalue weighted by Gasteiger charge is -2.33. The molecule has 5 nitrogen and oxygen atoms in total. The number of nitrogens with zero attached hydrogens (tertiary/aromatic N) is 1. The van der Waals surface area contributed by atoms with Crippen LogP contribution >= 0.6 is 0 Å². The summed E-state index contributed by atoms with van der Waals surface area (Å²) < 4.78 is 11.6. The van der Waals surface area contributed by atoms with Crippen LogP contribution < -0.4 is 0 Å². The van der Waals surface area contributed by atoms with Gasteiger partial charge in [0.1, 0.15) is 5.60 Å². The number of ether oxygens (including phenoxy) is 2. The molecular weight excluding hydrogens is 402 g/mol. The Morgan fingerprint density at radius 2 is 1.31 bits per heavy atom. The summed E-state index contributed by atoms with van der Waals surface area (Å²) in [6, 6.07) is 27.2. The Balaban J connectivity index is 1.84. The predicted molar refractivity (Wildman–Crippen MR) is 122 cm³/mol. The molecule has 3 aromatic rings. The third kappa shape index (κ3) is 4.52. The van der Waals surface area contributed by atoms with Crippen molar-refractivity contribution in [1.29, 1.82) is 0 Å². The average molecular weight is 430 g/mol. The molecule has 0 bridgehead atoms. The third-order valence-electron chi connectivity index (χ3n) is 5.31. The van der Waals surface area contributed by atoms with Gasteiger partial charge >= 0.3 is 12.1 Å². The highest BCUT2D eigenvalue weighted by Crippen LogP contribution is 2.41. The zero-order chi connectivity index (χ0) is 22.7. The van der Waals surface area contributed by atoms with Gasteiger partial charge in [-0.15, -0.1) is 0 Å². The molecule has 0 radical (unpaired) electrons. The van der Waals surface area contributed by atoms with Crippen LogP contribution in [0.2, 0.25) is 0 Å². The maximum atomic E-state index is 13.5. The molecule has 164 valence electrons. The molecule has 1 aliphatic heterocycles. The van der Waals surface area contributed by atoms with Gasteiger partial charge in [-0.05, 0) is 37.5 Å². The summed E-state index contributed by atoms with van der Waals surface area (Å²) in [4.78, 5) is 28.3. The number of hydrogen-bond donors (Lipinski definition) is 0. The van der Waals surface area contributed by atoms with E-state index in [1.807, 2.05) is 112 Å². The summed E-state index contributed by atoms with van der Waals surface area (Å²) in [5.41, 5.74) is 1.82. The Bertz CT molecular complexity index is 1020. The average Bonchev–Trinajstić information content (AvgIpc) is 3.12. The van der Waals surface area contributed by atoms with Crippen molar-refractivity contribution in [2.45, 2.75) is 44.6 Å². The summed E-state index contributed by atoms with van der Waals surface area (Å²) in [5, 5.41) is 0.